The number of urea groups is 1. The van der Waals surface area contributed by atoms with Crippen molar-refractivity contribution in [1.29, 1.82) is 0 Å². The van der Waals surface area contributed by atoms with Crippen LogP contribution in [0.5, 0.6) is 0 Å². The van der Waals surface area contributed by atoms with Crippen LogP contribution in [0.1, 0.15) is 35.2 Å². The summed E-state index contributed by atoms with van der Waals surface area (Å²) >= 11 is 0. The average molecular weight is 496 g/mol. The molecule has 36 heavy (non-hydrogen) atoms. The van der Waals surface area contributed by atoms with Gasteiger partial charge in [0.25, 0.3) is 0 Å². The van der Waals surface area contributed by atoms with E-state index in [-0.39, 0.29) is 19.0 Å². The maximum atomic E-state index is 13.8. The molecule has 3 aromatic rings. The number of aliphatic hydroxyl groups excluding tert-OH is 1. The molecule has 3 aromatic carbocycles. The number of amides is 2. The summed E-state index contributed by atoms with van der Waals surface area (Å²) in [4.78, 5) is 12.7. The molecule has 1 heterocycles. The summed E-state index contributed by atoms with van der Waals surface area (Å²) in [5, 5.41) is 19.9. The fourth-order valence-corrected chi connectivity index (χ4v) is 4.39. The van der Waals surface area contributed by atoms with Gasteiger partial charge in [-0.1, -0.05) is 43.3 Å². The van der Waals surface area contributed by atoms with Crippen LogP contribution in [0.4, 0.5) is 19.3 Å². The number of nitrogens with one attached hydrogen (secondary N) is 3. The molecule has 0 saturated carbocycles. The van der Waals surface area contributed by atoms with E-state index in [4.69, 9.17) is 4.74 Å². The number of carbonyl (C=O) groups excluding carboxylic acids is 1. The van der Waals surface area contributed by atoms with Crippen LogP contribution in [0.25, 0.3) is 0 Å². The van der Waals surface area contributed by atoms with Gasteiger partial charge in [-0.3, -0.25) is 0 Å². The minimum Gasteiger partial charge on any atom is -0.390 e. The van der Waals surface area contributed by atoms with Crippen LogP contribution in [0.2, 0.25) is 0 Å². The molecule has 6 nitrogen and oxygen atoms in total. The van der Waals surface area contributed by atoms with Crippen molar-refractivity contribution in [2.24, 2.45) is 0 Å². The van der Waals surface area contributed by atoms with E-state index in [1.807, 2.05) is 6.07 Å². The Balaban J connectivity index is 1.47. The first-order valence-corrected chi connectivity index (χ1v) is 12.1. The Hall–Kier alpha value is -3.33. The second-order valence-electron chi connectivity index (χ2n) is 8.98. The molecule has 0 aromatic heterocycles. The zero-order chi connectivity index (χ0) is 25.5. The van der Waals surface area contributed by atoms with E-state index in [9.17, 15) is 18.7 Å². The lowest BCUT2D eigenvalue weighted by atomic mass is 9.95. The van der Waals surface area contributed by atoms with E-state index in [1.165, 1.54) is 17.7 Å². The monoisotopic (exact) mass is 495 g/mol. The molecule has 2 amide bonds. The third kappa shape index (κ3) is 6.87. The van der Waals surface area contributed by atoms with Gasteiger partial charge in [0.15, 0.2) is 0 Å². The van der Waals surface area contributed by atoms with E-state index in [0.29, 0.717) is 24.5 Å². The van der Waals surface area contributed by atoms with Gasteiger partial charge in [0.05, 0.1) is 31.4 Å². The number of ether oxygens (including phenoxy) is 1. The van der Waals surface area contributed by atoms with Crippen LogP contribution in [0.15, 0.2) is 66.7 Å². The summed E-state index contributed by atoms with van der Waals surface area (Å²) in [7, 11) is 0. The lowest BCUT2D eigenvalue weighted by molar-refractivity contribution is 0.0708. The summed E-state index contributed by atoms with van der Waals surface area (Å²) in [5.41, 5.74) is 4.36. The molecular weight excluding hydrogens is 464 g/mol. The van der Waals surface area contributed by atoms with Gasteiger partial charge >= 0.3 is 6.03 Å². The first-order valence-electron chi connectivity index (χ1n) is 12.1. The number of anilines is 1. The molecule has 0 spiro atoms. The number of hydrogen-bond acceptors (Lipinski definition) is 4. The highest BCUT2D eigenvalue weighted by Gasteiger charge is 2.26. The van der Waals surface area contributed by atoms with Gasteiger partial charge in [-0.2, -0.15) is 0 Å². The number of carbonyl (C=O) groups is 1. The first-order chi connectivity index (χ1) is 17.4. The van der Waals surface area contributed by atoms with Gasteiger partial charge in [0.1, 0.15) is 11.6 Å². The molecule has 0 saturated heterocycles. The molecule has 1 aliphatic rings. The fourth-order valence-electron chi connectivity index (χ4n) is 4.39. The lowest BCUT2D eigenvalue weighted by Gasteiger charge is -2.30. The molecule has 4 rings (SSSR count). The van der Waals surface area contributed by atoms with Gasteiger partial charge in [-0.05, 0) is 59.4 Å². The van der Waals surface area contributed by atoms with Crippen LogP contribution in [-0.2, 0) is 24.2 Å². The zero-order valence-corrected chi connectivity index (χ0v) is 20.1. The van der Waals surface area contributed by atoms with Crippen LogP contribution < -0.4 is 16.0 Å². The van der Waals surface area contributed by atoms with Crippen molar-refractivity contribution >= 4 is 11.7 Å². The Bertz CT molecular complexity index is 1160. The topological polar surface area (TPSA) is 82.6 Å². The second-order valence-corrected chi connectivity index (χ2v) is 8.98. The van der Waals surface area contributed by atoms with Crippen LogP contribution in [-0.4, -0.2) is 36.4 Å². The number of aryl methyl sites for hydroxylation is 1. The molecule has 8 heteroatoms. The van der Waals surface area contributed by atoms with Crippen LogP contribution >= 0.6 is 0 Å². The van der Waals surface area contributed by atoms with Crippen LogP contribution in [0.3, 0.4) is 0 Å². The summed E-state index contributed by atoms with van der Waals surface area (Å²) in [5.74, 6) is -1.43. The molecular formula is C28H31F2N3O3. The van der Waals surface area contributed by atoms with E-state index >= 15 is 0 Å². The van der Waals surface area contributed by atoms with E-state index < -0.39 is 29.8 Å². The van der Waals surface area contributed by atoms with Crippen molar-refractivity contribution in [1.82, 2.24) is 10.6 Å². The Labute approximate surface area is 209 Å². The van der Waals surface area contributed by atoms with Gasteiger partial charge < -0.3 is 25.8 Å². The van der Waals surface area contributed by atoms with E-state index in [2.05, 4.69) is 41.1 Å². The van der Waals surface area contributed by atoms with Gasteiger partial charge in [-0.25, -0.2) is 13.6 Å². The highest BCUT2D eigenvalue weighted by Crippen LogP contribution is 2.26. The SMILES string of the molecule is CCc1ccc2c(c1)C(NC[C@@H](O)[C@H](Cc1cc(F)cc(F)c1)NC(=O)Nc1ccccc1)COC2. The first kappa shape index (κ1) is 25.8. The number of fused-ring (bicyclic) bond motifs is 1. The second kappa shape index (κ2) is 12.1. The molecule has 4 N–H and O–H groups in total. The average Bonchev–Trinajstić information content (AvgIpc) is 2.86. The largest absolute Gasteiger partial charge is 0.390 e. The third-order valence-corrected chi connectivity index (χ3v) is 6.30. The van der Waals surface area contributed by atoms with Crippen LogP contribution in [0, 0.1) is 11.6 Å². The molecule has 0 fully saturated rings. The number of aliphatic hydroxyl groups is 1. The van der Waals surface area contributed by atoms with E-state index in [0.717, 1.165) is 23.6 Å². The van der Waals surface area contributed by atoms with Gasteiger partial charge in [0.2, 0.25) is 0 Å². The molecule has 0 bridgehead atoms. The smallest absolute Gasteiger partial charge is 0.319 e. The Morgan fingerprint density at radius 2 is 1.81 bits per heavy atom. The molecule has 0 aliphatic carbocycles. The highest BCUT2D eigenvalue weighted by atomic mass is 19.1. The molecule has 190 valence electrons. The summed E-state index contributed by atoms with van der Waals surface area (Å²) in [6.45, 7) is 3.22. The van der Waals surface area contributed by atoms with Crippen molar-refractivity contribution in [3.63, 3.8) is 0 Å². The van der Waals surface area contributed by atoms with Crippen molar-refractivity contribution in [3.05, 3.63) is 101 Å². The molecule has 1 unspecified atom stereocenters. The van der Waals surface area contributed by atoms with E-state index in [1.54, 1.807) is 24.3 Å². The minimum atomic E-state index is -1.04. The quantitative estimate of drug-likeness (QED) is 0.353. The fraction of sp³-hybridized carbons (Fsp3) is 0.321. The van der Waals surface area contributed by atoms with Gasteiger partial charge in [0, 0.05) is 18.3 Å². The Morgan fingerprint density at radius 3 is 2.53 bits per heavy atom. The molecule has 0 radical (unpaired) electrons. The van der Waals surface area contributed by atoms with Crippen molar-refractivity contribution < 1.29 is 23.4 Å². The van der Waals surface area contributed by atoms with Crippen molar-refractivity contribution in [2.45, 2.75) is 44.6 Å². The minimum absolute atomic E-state index is 0.0392. The summed E-state index contributed by atoms with van der Waals surface area (Å²) in [6.07, 6.45) is -0.0918. The number of para-hydroxylation sites is 1. The Morgan fingerprint density at radius 1 is 1.06 bits per heavy atom. The zero-order valence-electron chi connectivity index (χ0n) is 20.1. The predicted molar refractivity (Wildman–Crippen MR) is 135 cm³/mol. The van der Waals surface area contributed by atoms with Gasteiger partial charge in [-0.15, -0.1) is 0 Å². The van der Waals surface area contributed by atoms with Crippen molar-refractivity contribution in [2.75, 3.05) is 18.5 Å². The highest BCUT2D eigenvalue weighted by molar-refractivity contribution is 5.89. The van der Waals surface area contributed by atoms with Crippen molar-refractivity contribution in [3.8, 4) is 0 Å². The number of rotatable bonds is 9. The summed E-state index contributed by atoms with van der Waals surface area (Å²) < 4.78 is 33.3. The molecule has 3 atom stereocenters. The maximum Gasteiger partial charge on any atom is 0.319 e. The number of benzene rings is 3. The Kier molecular flexibility index (Phi) is 8.64. The standard InChI is InChI=1S/C28H31F2N3O3/c1-2-18-8-9-20-16-36-17-26(24(20)12-18)31-15-27(34)25(13-19-10-21(29)14-22(30)11-19)33-28(35)32-23-6-4-3-5-7-23/h3-12,14,25-27,31,34H,2,13,15-17H2,1H3,(H2,32,33,35)/t25-,26?,27+/m0/s1. The number of halogens is 2. The molecule has 1 aliphatic heterocycles. The maximum absolute atomic E-state index is 13.8. The lowest BCUT2D eigenvalue weighted by Crippen LogP contribution is -2.50. The normalized spacial score (nSPS) is 16.6. The summed E-state index contributed by atoms with van der Waals surface area (Å²) in [6, 6.07) is 16.9. The third-order valence-electron chi connectivity index (χ3n) is 6.30. The predicted octanol–water partition coefficient (Wildman–Crippen LogP) is 4.48. The number of hydrogen-bond donors (Lipinski definition) is 4.